The van der Waals surface area contributed by atoms with E-state index in [1.54, 1.807) is 35.2 Å². The average molecular weight is 728 g/mol. The summed E-state index contributed by atoms with van der Waals surface area (Å²) < 4.78 is 56.4. The van der Waals surface area contributed by atoms with Crippen LogP contribution in [0.2, 0.25) is 0 Å². The van der Waals surface area contributed by atoms with E-state index < -0.39 is 58.6 Å². The summed E-state index contributed by atoms with van der Waals surface area (Å²) in [6.07, 6.45) is 1.46. The summed E-state index contributed by atoms with van der Waals surface area (Å²) in [5.41, 5.74) is -0.463. The molecule has 2 N–H and O–H groups in total. The maximum Gasteiger partial charge on any atom is 0.408 e. The van der Waals surface area contributed by atoms with E-state index in [-0.39, 0.29) is 48.9 Å². The molecule has 1 saturated heterocycles. The number of alkyl carbamates (subject to hydrolysis) is 1. The van der Waals surface area contributed by atoms with Gasteiger partial charge in [0.2, 0.25) is 5.91 Å². The highest BCUT2D eigenvalue weighted by atomic mass is 19.1. The van der Waals surface area contributed by atoms with Crippen molar-refractivity contribution in [1.29, 1.82) is 0 Å². The first-order chi connectivity index (χ1) is 25.6. The number of pyridine rings is 1. The van der Waals surface area contributed by atoms with Crippen LogP contribution >= 0.6 is 0 Å². The highest BCUT2D eigenvalue weighted by molar-refractivity contribution is 5.93. The van der Waals surface area contributed by atoms with E-state index in [0.29, 0.717) is 30.9 Å². The van der Waals surface area contributed by atoms with Crippen molar-refractivity contribution in [2.24, 2.45) is 0 Å². The number of rotatable bonds is 12. The molecule has 2 atom stereocenters. The fourth-order valence-electron chi connectivity index (χ4n) is 6.10. The zero-order chi connectivity index (χ0) is 37.5. The van der Waals surface area contributed by atoms with Gasteiger partial charge in [0.25, 0.3) is 5.56 Å². The first kappa shape index (κ1) is 36.6. The van der Waals surface area contributed by atoms with Gasteiger partial charge in [0.1, 0.15) is 42.1 Å². The van der Waals surface area contributed by atoms with Gasteiger partial charge in [-0.25, -0.2) is 27.7 Å². The Morgan fingerprint density at radius 3 is 2.23 bits per heavy atom. The monoisotopic (exact) mass is 727 g/mol. The average Bonchev–Trinajstić information content (AvgIpc) is 3.62. The lowest BCUT2D eigenvalue weighted by Gasteiger charge is -2.22. The molecule has 1 aliphatic heterocycles. The summed E-state index contributed by atoms with van der Waals surface area (Å²) in [5, 5.41) is 5.53. The number of nitrogens with zero attached hydrogens (tertiary/aromatic N) is 3. The van der Waals surface area contributed by atoms with Crippen LogP contribution in [-0.4, -0.2) is 52.5 Å². The number of anilines is 1. The van der Waals surface area contributed by atoms with Crippen molar-refractivity contribution >= 4 is 29.4 Å². The topological polar surface area (TPSA) is 131 Å². The summed E-state index contributed by atoms with van der Waals surface area (Å²) in [5.74, 6) is -4.41. The summed E-state index contributed by atoms with van der Waals surface area (Å²) >= 11 is 0. The van der Waals surface area contributed by atoms with E-state index in [0.717, 1.165) is 34.4 Å². The number of hydrogen-bond acceptors (Lipinski definition) is 8. The standard InChI is InChI=1S/C39H36F3N5O6/c1-2-9-33(44-39(51)53-23-25-12-7-4-8-13-25)36(48)43-27-16-17-46(20-27)35-32(42)21-47-34(45-35)29(28-15-14-26(40)18-31(28)41)19-30(37(47)49)38(50)52-22-24-10-5-3-6-11-24/h3-8,10-15,18-19,21,27,33H,2,9,16-17,20,22-23H2,1H3,(H,43,48)(H,44,51). The van der Waals surface area contributed by atoms with Crippen LogP contribution in [-0.2, 0) is 27.5 Å². The quantitative estimate of drug-likeness (QED) is 0.152. The minimum absolute atomic E-state index is 0.0380. The SMILES string of the molecule is CCCC(NC(=O)OCc1ccccc1)C(=O)NC1CCN(c2nc3c(-c4ccc(F)cc4F)cc(C(=O)OCc4ccccc4)c(=O)n3cc2F)C1. The van der Waals surface area contributed by atoms with Crippen molar-refractivity contribution in [1.82, 2.24) is 20.0 Å². The fraction of sp³-hybridized carbons (Fsp3) is 0.256. The fourth-order valence-corrected chi connectivity index (χ4v) is 6.10. The number of benzene rings is 3. The lowest BCUT2D eigenvalue weighted by Crippen LogP contribution is -2.50. The first-order valence-electron chi connectivity index (χ1n) is 17.1. The molecule has 0 bridgehead atoms. The molecule has 2 aromatic heterocycles. The predicted octanol–water partition coefficient (Wildman–Crippen LogP) is 5.93. The third-order valence-corrected chi connectivity index (χ3v) is 8.76. The van der Waals surface area contributed by atoms with Crippen LogP contribution in [0.4, 0.5) is 23.8 Å². The number of hydrogen-bond donors (Lipinski definition) is 2. The van der Waals surface area contributed by atoms with Gasteiger partial charge in [-0.1, -0.05) is 74.0 Å². The van der Waals surface area contributed by atoms with E-state index in [4.69, 9.17) is 9.47 Å². The number of carbonyl (C=O) groups is 3. The summed E-state index contributed by atoms with van der Waals surface area (Å²) in [6, 6.07) is 20.4. The number of amides is 2. The smallest absolute Gasteiger partial charge is 0.408 e. The Kier molecular flexibility index (Phi) is 11.4. The molecule has 0 saturated carbocycles. The molecule has 11 nitrogen and oxygen atoms in total. The van der Waals surface area contributed by atoms with Gasteiger partial charge < -0.3 is 25.0 Å². The maximum absolute atomic E-state index is 15.8. The number of halogens is 3. The van der Waals surface area contributed by atoms with Crippen LogP contribution in [0.1, 0.15) is 47.7 Å². The highest BCUT2D eigenvalue weighted by Gasteiger charge is 2.31. The maximum atomic E-state index is 15.8. The van der Waals surface area contributed by atoms with Gasteiger partial charge >= 0.3 is 12.1 Å². The molecule has 0 spiro atoms. The summed E-state index contributed by atoms with van der Waals surface area (Å²) in [7, 11) is 0. The molecule has 5 aromatic rings. The van der Waals surface area contributed by atoms with Crippen molar-refractivity contribution < 1.29 is 37.0 Å². The normalized spacial score (nSPS) is 14.5. The summed E-state index contributed by atoms with van der Waals surface area (Å²) in [4.78, 5) is 58.5. The number of carbonyl (C=O) groups excluding carboxylic acids is 3. The van der Waals surface area contributed by atoms with Crippen molar-refractivity contribution in [2.75, 3.05) is 18.0 Å². The van der Waals surface area contributed by atoms with Crippen LogP contribution in [0.25, 0.3) is 16.8 Å². The van der Waals surface area contributed by atoms with E-state index in [1.807, 2.05) is 37.3 Å². The van der Waals surface area contributed by atoms with Crippen LogP contribution in [0.15, 0.2) is 95.9 Å². The van der Waals surface area contributed by atoms with Gasteiger partial charge in [-0.05, 0) is 42.2 Å². The van der Waals surface area contributed by atoms with Crippen molar-refractivity contribution in [3.63, 3.8) is 0 Å². The molecule has 0 aliphatic carbocycles. The third kappa shape index (κ3) is 8.66. The number of fused-ring (bicyclic) bond motifs is 1. The number of ether oxygens (including phenoxy) is 2. The Bertz CT molecular complexity index is 2180. The molecule has 3 aromatic carbocycles. The van der Waals surface area contributed by atoms with Crippen molar-refractivity contribution in [3.8, 4) is 11.1 Å². The van der Waals surface area contributed by atoms with Crippen molar-refractivity contribution in [2.45, 2.75) is 51.5 Å². The number of nitrogens with one attached hydrogen (secondary N) is 2. The molecule has 1 fully saturated rings. The Hall–Kier alpha value is -6.18. The Morgan fingerprint density at radius 2 is 1.57 bits per heavy atom. The van der Waals surface area contributed by atoms with E-state index in [1.165, 1.54) is 0 Å². The molecular weight excluding hydrogens is 691 g/mol. The molecule has 53 heavy (non-hydrogen) atoms. The Balaban J connectivity index is 1.22. The first-order valence-corrected chi connectivity index (χ1v) is 17.1. The van der Waals surface area contributed by atoms with Gasteiger partial charge in [-0.3, -0.25) is 14.0 Å². The second-order valence-electron chi connectivity index (χ2n) is 12.6. The Morgan fingerprint density at radius 1 is 0.887 bits per heavy atom. The minimum Gasteiger partial charge on any atom is -0.457 e. The molecule has 14 heteroatoms. The van der Waals surface area contributed by atoms with Crippen LogP contribution in [0, 0.1) is 17.5 Å². The third-order valence-electron chi connectivity index (χ3n) is 8.76. The molecule has 2 unspecified atom stereocenters. The van der Waals surface area contributed by atoms with Gasteiger partial charge in [-0.15, -0.1) is 0 Å². The number of aromatic nitrogens is 2. The molecule has 2 amide bonds. The highest BCUT2D eigenvalue weighted by Crippen LogP contribution is 2.30. The van der Waals surface area contributed by atoms with Crippen LogP contribution in [0.3, 0.4) is 0 Å². The molecule has 3 heterocycles. The zero-order valence-corrected chi connectivity index (χ0v) is 28.7. The zero-order valence-electron chi connectivity index (χ0n) is 28.7. The molecule has 6 rings (SSSR count). The van der Waals surface area contributed by atoms with Gasteiger partial charge in [0, 0.05) is 36.3 Å². The number of esters is 1. The Labute approximate surface area is 302 Å². The van der Waals surface area contributed by atoms with Crippen LogP contribution in [0.5, 0.6) is 0 Å². The molecule has 1 aliphatic rings. The van der Waals surface area contributed by atoms with Crippen molar-refractivity contribution in [3.05, 3.63) is 136 Å². The van der Waals surface area contributed by atoms with Gasteiger partial charge in [0.05, 0.1) is 6.20 Å². The van der Waals surface area contributed by atoms with Gasteiger partial charge in [-0.2, -0.15) is 0 Å². The van der Waals surface area contributed by atoms with Gasteiger partial charge in [0.15, 0.2) is 11.6 Å². The molecular formula is C39H36F3N5O6. The van der Waals surface area contributed by atoms with Crippen LogP contribution < -0.4 is 21.1 Å². The lowest BCUT2D eigenvalue weighted by molar-refractivity contribution is -0.123. The second-order valence-corrected chi connectivity index (χ2v) is 12.6. The van der Waals surface area contributed by atoms with E-state index in [9.17, 15) is 23.6 Å². The minimum atomic E-state index is -1.03. The molecule has 274 valence electrons. The molecule has 0 radical (unpaired) electrons. The largest absolute Gasteiger partial charge is 0.457 e. The predicted molar refractivity (Wildman–Crippen MR) is 190 cm³/mol. The lowest BCUT2D eigenvalue weighted by atomic mass is 10.0. The second kappa shape index (κ2) is 16.4. The van der Waals surface area contributed by atoms with E-state index >= 15 is 8.78 Å². The summed E-state index contributed by atoms with van der Waals surface area (Å²) in [6.45, 7) is 2.13. The van der Waals surface area contributed by atoms with E-state index in [2.05, 4.69) is 15.6 Å².